The van der Waals surface area contributed by atoms with Crippen LogP contribution in [0.15, 0.2) is 30.3 Å². The molecule has 0 N–H and O–H groups in total. The highest BCUT2D eigenvalue weighted by molar-refractivity contribution is 8.14. The maximum absolute atomic E-state index is 12.0. The number of carbonyl (C=O) groups excluding carboxylic acids is 2. The van der Waals surface area contributed by atoms with Crippen molar-refractivity contribution in [3.63, 3.8) is 0 Å². The fourth-order valence-corrected chi connectivity index (χ4v) is 3.47. The molecule has 4 heteroatoms. The number of ether oxygens (including phenoxy) is 1. The first kappa shape index (κ1) is 15.1. The second-order valence-electron chi connectivity index (χ2n) is 5.18. The summed E-state index contributed by atoms with van der Waals surface area (Å²) in [5.74, 6) is -0.0948. The number of hydrogen-bond donors (Lipinski definition) is 0. The van der Waals surface area contributed by atoms with Gasteiger partial charge in [0.15, 0.2) is 5.12 Å². The fraction of sp³-hybridized carbons (Fsp3) is 0.500. The first-order valence-electron chi connectivity index (χ1n) is 7.03. The number of esters is 1. The maximum atomic E-state index is 12.0. The zero-order valence-corrected chi connectivity index (χ0v) is 12.5. The molecule has 0 bridgehead atoms. The highest BCUT2D eigenvalue weighted by atomic mass is 32.2. The lowest BCUT2D eigenvalue weighted by molar-refractivity contribution is -0.150. The van der Waals surface area contributed by atoms with Crippen molar-refractivity contribution >= 4 is 22.8 Å². The standard InChI is InChI=1S/C16H20O3S/c1-12(17)20-15-9-7-14(8-10-15)16(18)19-11-13-5-3-2-4-6-13/h2-6,14-15H,7-11H2,1H3. The van der Waals surface area contributed by atoms with Crippen LogP contribution in [0.4, 0.5) is 0 Å². The van der Waals surface area contributed by atoms with Gasteiger partial charge in [-0.1, -0.05) is 42.1 Å². The van der Waals surface area contributed by atoms with Crippen LogP contribution in [0.3, 0.4) is 0 Å². The van der Waals surface area contributed by atoms with Crippen molar-refractivity contribution in [1.82, 2.24) is 0 Å². The van der Waals surface area contributed by atoms with Crippen molar-refractivity contribution in [3.8, 4) is 0 Å². The summed E-state index contributed by atoms with van der Waals surface area (Å²) in [6, 6.07) is 9.72. The Kier molecular flexibility index (Phi) is 5.65. The molecule has 0 heterocycles. The maximum Gasteiger partial charge on any atom is 0.309 e. The summed E-state index contributed by atoms with van der Waals surface area (Å²) in [6.07, 6.45) is 3.52. The van der Waals surface area contributed by atoms with Crippen LogP contribution in [0.5, 0.6) is 0 Å². The van der Waals surface area contributed by atoms with Gasteiger partial charge >= 0.3 is 5.97 Å². The molecule has 1 saturated carbocycles. The van der Waals surface area contributed by atoms with E-state index in [1.165, 1.54) is 11.8 Å². The number of benzene rings is 1. The van der Waals surface area contributed by atoms with Gasteiger partial charge < -0.3 is 4.74 Å². The molecule has 1 aliphatic carbocycles. The zero-order chi connectivity index (χ0) is 14.4. The van der Waals surface area contributed by atoms with E-state index in [-0.39, 0.29) is 17.0 Å². The molecule has 1 fully saturated rings. The van der Waals surface area contributed by atoms with E-state index in [4.69, 9.17) is 4.74 Å². The number of hydrogen-bond acceptors (Lipinski definition) is 4. The first-order chi connectivity index (χ1) is 9.65. The molecule has 0 amide bonds. The lowest BCUT2D eigenvalue weighted by atomic mass is 9.89. The number of carbonyl (C=O) groups is 2. The Morgan fingerprint density at radius 1 is 1.15 bits per heavy atom. The molecule has 2 rings (SSSR count). The van der Waals surface area contributed by atoms with Gasteiger partial charge in [-0.05, 0) is 31.2 Å². The van der Waals surface area contributed by atoms with Crippen LogP contribution < -0.4 is 0 Å². The zero-order valence-electron chi connectivity index (χ0n) is 11.7. The van der Waals surface area contributed by atoms with Crippen LogP contribution in [0, 0.1) is 5.92 Å². The summed E-state index contributed by atoms with van der Waals surface area (Å²) in [4.78, 5) is 23.1. The summed E-state index contributed by atoms with van der Waals surface area (Å²) >= 11 is 1.41. The van der Waals surface area contributed by atoms with Crippen molar-refractivity contribution in [2.75, 3.05) is 0 Å². The Hall–Kier alpha value is -1.29. The van der Waals surface area contributed by atoms with Crippen LogP contribution in [0.25, 0.3) is 0 Å². The lowest BCUT2D eigenvalue weighted by Gasteiger charge is -2.26. The average molecular weight is 292 g/mol. The van der Waals surface area contributed by atoms with Crippen molar-refractivity contribution < 1.29 is 14.3 Å². The number of rotatable bonds is 4. The summed E-state index contributed by atoms with van der Waals surface area (Å²) < 4.78 is 5.37. The third-order valence-electron chi connectivity index (χ3n) is 3.56. The highest BCUT2D eigenvalue weighted by Gasteiger charge is 2.28. The molecular weight excluding hydrogens is 272 g/mol. The predicted molar refractivity (Wildman–Crippen MR) is 80.3 cm³/mol. The molecule has 0 aliphatic heterocycles. The summed E-state index contributed by atoms with van der Waals surface area (Å²) in [7, 11) is 0. The van der Waals surface area contributed by atoms with E-state index in [0.717, 1.165) is 31.2 Å². The molecule has 0 radical (unpaired) electrons. The van der Waals surface area contributed by atoms with Gasteiger partial charge in [0, 0.05) is 12.2 Å². The van der Waals surface area contributed by atoms with E-state index >= 15 is 0 Å². The molecule has 1 aliphatic rings. The molecule has 0 saturated heterocycles. The first-order valence-corrected chi connectivity index (χ1v) is 7.91. The van der Waals surface area contributed by atoms with E-state index in [0.29, 0.717) is 11.9 Å². The SMILES string of the molecule is CC(=O)SC1CCC(C(=O)OCc2ccccc2)CC1. The Labute approximate surface area is 124 Å². The van der Waals surface area contributed by atoms with E-state index in [2.05, 4.69) is 0 Å². The van der Waals surface area contributed by atoms with Gasteiger partial charge in [-0.25, -0.2) is 0 Å². The van der Waals surface area contributed by atoms with Gasteiger partial charge in [0.05, 0.1) is 5.92 Å². The fourth-order valence-electron chi connectivity index (χ4n) is 2.50. The molecule has 1 aromatic carbocycles. The Morgan fingerprint density at radius 2 is 1.80 bits per heavy atom. The van der Waals surface area contributed by atoms with Gasteiger partial charge in [0.1, 0.15) is 6.61 Å². The quantitative estimate of drug-likeness (QED) is 0.796. The average Bonchev–Trinajstić information content (AvgIpc) is 2.46. The second-order valence-corrected chi connectivity index (χ2v) is 6.65. The van der Waals surface area contributed by atoms with Gasteiger partial charge in [0.25, 0.3) is 0 Å². The summed E-state index contributed by atoms with van der Waals surface area (Å²) in [5, 5.41) is 0.547. The molecule has 0 spiro atoms. The minimum atomic E-state index is -0.0971. The predicted octanol–water partition coefficient (Wildman–Crippen LogP) is 3.57. The lowest BCUT2D eigenvalue weighted by Crippen LogP contribution is -2.25. The third-order valence-corrected chi connectivity index (χ3v) is 4.70. The molecule has 0 aromatic heterocycles. The Bertz CT molecular complexity index is 450. The van der Waals surface area contributed by atoms with Crippen LogP contribution in [-0.4, -0.2) is 16.3 Å². The van der Waals surface area contributed by atoms with Gasteiger partial charge in [0.2, 0.25) is 0 Å². The molecule has 0 atom stereocenters. The second kappa shape index (κ2) is 7.48. The smallest absolute Gasteiger partial charge is 0.309 e. The van der Waals surface area contributed by atoms with Crippen molar-refractivity contribution in [2.24, 2.45) is 5.92 Å². The van der Waals surface area contributed by atoms with Crippen LogP contribution in [0.1, 0.15) is 38.2 Å². The van der Waals surface area contributed by atoms with E-state index in [1.54, 1.807) is 6.92 Å². The van der Waals surface area contributed by atoms with Crippen molar-refractivity contribution in [1.29, 1.82) is 0 Å². The minimum Gasteiger partial charge on any atom is -0.461 e. The molecule has 1 aromatic rings. The van der Waals surface area contributed by atoms with Gasteiger partial charge in [-0.15, -0.1) is 0 Å². The summed E-state index contributed by atoms with van der Waals surface area (Å²) in [5.41, 5.74) is 1.02. The third kappa shape index (κ3) is 4.67. The van der Waals surface area contributed by atoms with Crippen LogP contribution in [-0.2, 0) is 20.9 Å². The van der Waals surface area contributed by atoms with Crippen LogP contribution in [0.2, 0.25) is 0 Å². The van der Waals surface area contributed by atoms with E-state index in [9.17, 15) is 9.59 Å². The Morgan fingerprint density at radius 3 is 2.40 bits per heavy atom. The molecular formula is C16H20O3S. The molecule has 0 unspecified atom stereocenters. The van der Waals surface area contributed by atoms with Gasteiger partial charge in [-0.2, -0.15) is 0 Å². The van der Waals surface area contributed by atoms with Crippen molar-refractivity contribution in [3.05, 3.63) is 35.9 Å². The van der Waals surface area contributed by atoms with Gasteiger partial charge in [-0.3, -0.25) is 9.59 Å². The normalized spacial score (nSPS) is 22.2. The molecule has 3 nitrogen and oxygen atoms in total. The molecule has 20 heavy (non-hydrogen) atoms. The minimum absolute atomic E-state index is 0.00233. The van der Waals surface area contributed by atoms with E-state index in [1.807, 2.05) is 30.3 Å². The highest BCUT2D eigenvalue weighted by Crippen LogP contribution is 2.32. The van der Waals surface area contributed by atoms with Crippen molar-refractivity contribution in [2.45, 2.75) is 44.5 Å². The number of thioether (sulfide) groups is 1. The van der Waals surface area contributed by atoms with E-state index < -0.39 is 0 Å². The molecule has 108 valence electrons. The summed E-state index contributed by atoms with van der Waals surface area (Å²) in [6.45, 7) is 1.95. The van der Waals surface area contributed by atoms with Crippen LogP contribution >= 0.6 is 11.8 Å². The Balaban J connectivity index is 1.73. The largest absolute Gasteiger partial charge is 0.461 e. The topological polar surface area (TPSA) is 43.4 Å². The monoisotopic (exact) mass is 292 g/mol.